The predicted octanol–water partition coefficient (Wildman–Crippen LogP) is 3.72. The van der Waals surface area contributed by atoms with Crippen molar-refractivity contribution in [3.8, 4) is 0 Å². The molecule has 2 atom stereocenters. The van der Waals surface area contributed by atoms with Gasteiger partial charge in [0.15, 0.2) is 0 Å². The lowest BCUT2D eigenvalue weighted by Crippen LogP contribution is -2.39. The van der Waals surface area contributed by atoms with E-state index in [4.69, 9.17) is 5.73 Å². The molecule has 1 aromatic carbocycles. The highest BCUT2D eigenvalue weighted by molar-refractivity contribution is 5.50. The quantitative estimate of drug-likeness (QED) is 0.888. The Kier molecular flexibility index (Phi) is 4.38. The van der Waals surface area contributed by atoms with Gasteiger partial charge >= 0.3 is 0 Å². The monoisotopic (exact) mass is 252 g/mol. The number of nitrogens with two attached hydrogens (primary N) is 1. The number of hydrogen-bond acceptors (Lipinski definition) is 2. The summed E-state index contributed by atoms with van der Waals surface area (Å²) in [5.41, 5.74) is 7.31. The van der Waals surface area contributed by atoms with E-state index in [9.17, 15) is 4.39 Å². The molecular formula is C15H25FN2. The third-order valence-electron chi connectivity index (χ3n) is 3.71. The summed E-state index contributed by atoms with van der Waals surface area (Å²) in [6.07, 6.45) is 0. The number of anilines is 1. The molecule has 1 unspecified atom stereocenters. The SMILES string of the molecule is CC(N(C)c1ccc([C@@H](C)N)cc1F)C(C)(C)C. The van der Waals surface area contributed by atoms with Gasteiger partial charge < -0.3 is 10.6 Å². The molecule has 0 heterocycles. The van der Waals surface area contributed by atoms with E-state index < -0.39 is 0 Å². The van der Waals surface area contributed by atoms with Crippen LogP contribution >= 0.6 is 0 Å². The molecule has 102 valence electrons. The fraction of sp³-hybridized carbons (Fsp3) is 0.600. The van der Waals surface area contributed by atoms with E-state index in [1.54, 1.807) is 0 Å². The highest BCUT2D eigenvalue weighted by Crippen LogP contribution is 2.29. The Morgan fingerprint density at radius 2 is 1.78 bits per heavy atom. The molecule has 0 aliphatic rings. The van der Waals surface area contributed by atoms with E-state index in [-0.39, 0.29) is 23.3 Å². The normalized spacial score (nSPS) is 15.3. The molecule has 0 spiro atoms. The summed E-state index contributed by atoms with van der Waals surface area (Å²) >= 11 is 0. The molecule has 18 heavy (non-hydrogen) atoms. The minimum Gasteiger partial charge on any atom is -0.369 e. The third kappa shape index (κ3) is 3.22. The maximum Gasteiger partial charge on any atom is 0.146 e. The second-order valence-electron chi connectivity index (χ2n) is 6.15. The molecule has 3 heteroatoms. The first-order chi connectivity index (χ1) is 8.14. The number of benzene rings is 1. The first-order valence-electron chi connectivity index (χ1n) is 6.42. The minimum atomic E-state index is -0.205. The summed E-state index contributed by atoms with van der Waals surface area (Å²) in [6, 6.07) is 5.35. The summed E-state index contributed by atoms with van der Waals surface area (Å²) in [7, 11) is 1.93. The zero-order valence-electron chi connectivity index (χ0n) is 12.3. The summed E-state index contributed by atoms with van der Waals surface area (Å²) in [5, 5.41) is 0. The zero-order chi connectivity index (χ0) is 14.1. The van der Waals surface area contributed by atoms with Crippen molar-refractivity contribution in [2.24, 2.45) is 11.1 Å². The molecule has 0 fully saturated rings. The summed E-state index contributed by atoms with van der Waals surface area (Å²) in [6.45, 7) is 10.4. The van der Waals surface area contributed by atoms with Gasteiger partial charge in [-0.25, -0.2) is 4.39 Å². The maximum atomic E-state index is 14.1. The van der Waals surface area contributed by atoms with Crippen molar-refractivity contribution in [1.29, 1.82) is 0 Å². The number of hydrogen-bond donors (Lipinski definition) is 1. The number of nitrogens with zero attached hydrogens (tertiary/aromatic N) is 1. The van der Waals surface area contributed by atoms with E-state index in [0.717, 1.165) is 5.56 Å². The molecule has 0 amide bonds. The fourth-order valence-corrected chi connectivity index (χ4v) is 1.88. The lowest BCUT2D eigenvalue weighted by atomic mass is 9.87. The van der Waals surface area contributed by atoms with Crippen molar-refractivity contribution in [2.75, 3.05) is 11.9 Å². The molecule has 1 rings (SSSR count). The van der Waals surface area contributed by atoms with Crippen molar-refractivity contribution in [1.82, 2.24) is 0 Å². The van der Waals surface area contributed by atoms with Crippen LogP contribution < -0.4 is 10.6 Å². The molecule has 0 aromatic heterocycles. The number of halogens is 1. The highest BCUT2D eigenvalue weighted by Gasteiger charge is 2.25. The van der Waals surface area contributed by atoms with E-state index in [2.05, 4.69) is 27.7 Å². The van der Waals surface area contributed by atoms with Gasteiger partial charge in [0.1, 0.15) is 5.82 Å². The summed E-state index contributed by atoms with van der Waals surface area (Å²) in [4.78, 5) is 1.99. The van der Waals surface area contributed by atoms with E-state index in [1.807, 2.05) is 31.0 Å². The van der Waals surface area contributed by atoms with Crippen molar-refractivity contribution in [3.63, 3.8) is 0 Å². The van der Waals surface area contributed by atoms with Crippen LogP contribution in [0.1, 0.15) is 46.2 Å². The molecule has 0 aliphatic carbocycles. The van der Waals surface area contributed by atoms with Crippen LogP contribution in [-0.4, -0.2) is 13.1 Å². The predicted molar refractivity (Wildman–Crippen MR) is 76.3 cm³/mol. The lowest BCUT2D eigenvalue weighted by Gasteiger charge is -2.37. The van der Waals surface area contributed by atoms with Gasteiger partial charge in [-0.1, -0.05) is 26.8 Å². The van der Waals surface area contributed by atoms with Crippen LogP contribution in [0.2, 0.25) is 0 Å². The average Bonchev–Trinajstić information content (AvgIpc) is 2.25. The van der Waals surface area contributed by atoms with Crippen LogP contribution in [0.25, 0.3) is 0 Å². The van der Waals surface area contributed by atoms with Gasteiger partial charge in [0.2, 0.25) is 0 Å². The van der Waals surface area contributed by atoms with Crippen LogP contribution in [0, 0.1) is 11.2 Å². The van der Waals surface area contributed by atoms with Gasteiger partial charge in [0.05, 0.1) is 5.69 Å². The fourth-order valence-electron chi connectivity index (χ4n) is 1.88. The molecule has 1 aromatic rings. The summed E-state index contributed by atoms with van der Waals surface area (Å²) < 4.78 is 14.1. The number of rotatable bonds is 3. The Bertz CT molecular complexity index is 407. The highest BCUT2D eigenvalue weighted by atomic mass is 19.1. The molecule has 0 bridgehead atoms. The van der Waals surface area contributed by atoms with Crippen molar-refractivity contribution in [3.05, 3.63) is 29.6 Å². The first kappa shape index (κ1) is 15.0. The van der Waals surface area contributed by atoms with Crippen molar-refractivity contribution >= 4 is 5.69 Å². The minimum absolute atomic E-state index is 0.0982. The summed E-state index contributed by atoms with van der Waals surface area (Å²) in [5.74, 6) is -0.205. The Morgan fingerprint density at radius 3 is 2.17 bits per heavy atom. The van der Waals surface area contributed by atoms with Crippen LogP contribution in [0.4, 0.5) is 10.1 Å². The van der Waals surface area contributed by atoms with Gasteiger partial charge in [-0.2, -0.15) is 0 Å². The van der Waals surface area contributed by atoms with Gasteiger partial charge in [-0.15, -0.1) is 0 Å². The molecule has 0 aliphatic heterocycles. The molecular weight excluding hydrogens is 227 g/mol. The van der Waals surface area contributed by atoms with Crippen LogP contribution in [-0.2, 0) is 0 Å². The Balaban J connectivity index is 3.04. The standard InChI is InChI=1S/C15H25FN2/c1-10(17)12-7-8-14(13(16)9-12)18(6)11(2)15(3,4)5/h7-11H,17H2,1-6H3/t10-,11?/m1/s1. The lowest BCUT2D eigenvalue weighted by molar-refractivity contribution is 0.328. The second-order valence-corrected chi connectivity index (χ2v) is 6.15. The van der Waals surface area contributed by atoms with E-state index in [0.29, 0.717) is 5.69 Å². The van der Waals surface area contributed by atoms with Gasteiger partial charge in [-0.3, -0.25) is 0 Å². The van der Waals surface area contributed by atoms with Gasteiger partial charge in [0, 0.05) is 19.1 Å². The molecule has 0 saturated heterocycles. The molecule has 0 saturated carbocycles. The maximum absolute atomic E-state index is 14.1. The third-order valence-corrected chi connectivity index (χ3v) is 3.71. The Morgan fingerprint density at radius 1 is 1.22 bits per heavy atom. The molecule has 2 nitrogen and oxygen atoms in total. The Labute approximate surface area is 110 Å². The van der Waals surface area contributed by atoms with E-state index in [1.165, 1.54) is 6.07 Å². The van der Waals surface area contributed by atoms with Crippen molar-refractivity contribution in [2.45, 2.75) is 46.7 Å². The average molecular weight is 252 g/mol. The van der Waals surface area contributed by atoms with Crippen LogP contribution in [0.15, 0.2) is 18.2 Å². The largest absolute Gasteiger partial charge is 0.369 e. The Hall–Kier alpha value is -1.09. The van der Waals surface area contributed by atoms with Crippen LogP contribution in [0.3, 0.4) is 0 Å². The van der Waals surface area contributed by atoms with Crippen molar-refractivity contribution < 1.29 is 4.39 Å². The molecule has 2 N–H and O–H groups in total. The zero-order valence-corrected chi connectivity index (χ0v) is 12.3. The topological polar surface area (TPSA) is 29.3 Å². The molecule has 0 radical (unpaired) electrons. The van der Waals surface area contributed by atoms with E-state index >= 15 is 0 Å². The first-order valence-corrected chi connectivity index (χ1v) is 6.42. The van der Waals surface area contributed by atoms with Gasteiger partial charge in [0.25, 0.3) is 0 Å². The second kappa shape index (κ2) is 5.27. The smallest absolute Gasteiger partial charge is 0.146 e. The van der Waals surface area contributed by atoms with Gasteiger partial charge in [-0.05, 0) is 37.0 Å². The van der Waals surface area contributed by atoms with Crippen LogP contribution in [0.5, 0.6) is 0 Å².